The summed E-state index contributed by atoms with van der Waals surface area (Å²) in [6.45, 7) is 9.12. The lowest BCUT2D eigenvalue weighted by Gasteiger charge is -2.26. The Morgan fingerprint density at radius 2 is 2.33 bits per heavy atom. The van der Waals surface area contributed by atoms with Crippen LogP contribution in [-0.4, -0.2) is 33.4 Å². The fourth-order valence-electron chi connectivity index (χ4n) is 1.83. The van der Waals surface area contributed by atoms with Gasteiger partial charge in [-0.2, -0.15) is 0 Å². The minimum atomic E-state index is 0.481. The van der Waals surface area contributed by atoms with Crippen LogP contribution >= 0.6 is 0 Å². The third kappa shape index (κ3) is 2.35. The molecule has 1 aliphatic heterocycles. The van der Waals surface area contributed by atoms with Crippen molar-refractivity contribution in [2.75, 3.05) is 6.54 Å². The smallest absolute Gasteiger partial charge is 0.147 e. The first-order valence-electron chi connectivity index (χ1n) is 5.52. The summed E-state index contributed by atoms with van der Waals surface area (Å²) in [5.41, 5.74) is 0. The molecule has 0 radical (unpaired) electrons. The molecule has 2 rings (SSSR count). The molecule has 5 nitrogen and oxygen atoms in total. The van der Waals surface area contributed by atoms with Crippen LogP contribution in [0, 0.1) is 6.92 Å². The van der Waals surface area contributed by atoms with Gasteiger partial charge in [0.05, 0.1) is 6.54 Å². The average Bonchev–Trinajstić information content (AvgIpc) is 2.57. The summed E-state index contributed by atoms with van der Waals surface area (Å²) in [5.74, 6) is 2.06. The fourth-order valence-corrected chi connectivity index (χ4v) is 1.83. The topological polar surface area (TPSA) is 54.8 Å². The standard InChI is InChI=1S/C10H19N5/c1-7(2)11-4-9-6-15-8(3)13-14-10(15)5-12-9/h7,9,11-12H,4-6H2,1-3H3. The largest absolute Gasteiger partial charge is 0.313 e. The molecule has 1 aliphatic rings. The Hall–Kier alpha value is -0.940. The Morgan fingerprint density at radius 3 is 3.07 bits per heavy atom. The van der Waals surface area contributed by atoms with Gasteiger partial charge < -0.3 is 15.2 Å². The maximum atomic E-state index is 4.12. The zero-order chi connectivity index (χ0) is 10.8. The Labute approximate surface area is 90.3 Å². The van der Waals surface area contributed by atoms with E-state index in [0.717, 1.165) is 31.3 Å². The van der Waals surface area contributed by atoms with Gasteiger partial charge >= 0.3 is 0 Å². The monoisotopic (exact) mass is 209 g/mol. The maximum absolute atomic E-state index is 4.12. The molecule has 1 atom stereocenters. The maximum Gasteiger partial charge on any atom is 0.147 e. The van der Waals surface area contributed by atoms with E-state index in [1.807, 2.05) is 6.92 Å². The molecule has 2 heterocycles. The number of nitrogens with one attached hydrogen (secondary N) is 2. The number of nitrogens with zero attached hydrogens (tertiary/aromatic N) is 3. The number of hydrogen-bond donors (Lipinski definition) is 2. The zero-order valence-corrected chi connectivity index (χ0v) is 9.62. The average molecular weight is 209 g/mol. The molecule has 0 aromatic carbocycles. The number of rotatable bonds is 3. The molecule has 0 saturated carbocycles. The van der Waals surface area contributed by atoms with Crippen molar-refractivity contribution in [3.63, 3.8) is 0 Å². The summed E-state index contributed by atoms with van der Waals surface area (Å²) >= 11 is 0. The predicted molar refractivity (Wildman–Crippen MR) is 58.5 cm³/mol. The molecule has 1 aromatic heterocycles. The minimum absolute atomic E-state index is 0.481. The molecule has 5 heteroatoms. The van der Waals surface area contributed by atoms with Crippen molar-refractivity contribution in [2.24, 2.45) is 0 Å². The van der Waals surface area contributed by atoms with E-state index < -0.39 is 0 Å². The summed E-state index contributed by atoms with van der Waals surface area (Å²) in [5, 5.41) is 15.1. The highest BCUT2D eigenvalue weighted by atomic mass is 15.3. The normalized spacial score (nSPS) is 20.7. The molecule has 0 saturated heterocycles. The van der Waals surface area contributed by atoms with E-state index in [9.17, 15) is 0 Å². The van der Waals surface area contributed by atoms with Crippen LogP contribution in [0.4, 0.5) is 0 Å². The first-order chi connectivity index (χ1) is 7.16. The second-order valence-electron chi connectivity index (χ2n) is 4.41. The number of fused-ring (bicyclic) bond motifs is 1. The molecular weight excluding hydrogens is 190 g/mol. The quantitative estimate of drug-likeness (QED) is 0.739. The van der Waals surface area contributed by atoms with Crippen LogP contribution in [0.15, 0.2) is 0 Å². The Balaban J connectivity index is 1.96. The van der Waals surface area contributed by atoms with Crippen LogP contribution in [0.1, 0.15) is 25.5 Å². The van der Waals surface area contributed by atoms with Crippen LogP contribution in [0.5, 0.6) is 0 Å². The number of hydrogen-bond acceptors (Lipinski definition) is 4. The van der Waals surface area contributed by atoms with Gasteiger partial charge in [0.2, 0.25) is 0 Å². The molecule has 0 aliphatic carbocycles. The van der Waals surface area contributed by atoms with Gasteiger partial charge in [0.1, 0.15) is 11.6 Å². The zero-order valence-electron chi connectivity index (χ0n) is 9.62. The molecule has 1 unspecified atom stereocenters. The van der Waals surface area contributed by atoms with Crippen molar-refractivity contribution >= 4 is 0 Å². The number of aryl methyl sites for hydroxylation is 1. The number of aromatic nitrogens is 3. The van der Waals surface area contributed by atoms with E-state index in [0.29, 0.717) is 12.1 Å². The molecule has 0 fully saturated rings. The molecule has 0 amide bonds. The van der Waals surface area contributed by atoms with E-state index in [4.69, 9.17) is 0 Å². The van der Waals surface area contributed by atoms with Gasteiger partial charge in [0.25, 0.3) is 0 Å². The first-order valence-corrected chi connectivity index (χ1v) is 5.52. The first kappa shape index (κ1) is 10.6. The Bertz CT molecular complexity index is 331. The minimum Gasteiger partial charge on any atom is -0.313 e. The molecule has 1 aromatic rings. The van der Waals surface area contributed by atoms with Gasteiger partial charge in [-0.3, -0.25) is 0 Å². The van der Waals surface area contributed by atoms with Crippen LogP contribution in [-0.2, 0) is 13.1 Å². The Morgan fingerprint density at radius 1 is 1.53 bits per heavy atom. The highest BCUT2D eigenvalue weighted by molar-refractivity contribution is 4.98. The lowest BCUT2D eigenvalue weighted by molar-refractivity contribution is 0.358. The van der Waals surface area contributed by atoms with Crippen LogP contribution in [0.3, 0.4) is 0 Å². The predicted octanol–water partition coefficient (Wildman–Crippen LogP) is 0.0563. The van der Waals surface area contributed by atoms with E-state index in [2.05, 4.69) is 39.2 Å². The van der Waals surface area contributed by atoms with Gasteiger partial charge in [-0.25, -0.2) is 0 Å². The fraction of sp³-hybridized carbons (Fsp3) is 0.800. The molecular formula is C10H19N5. The SMILES string of the molecule is Cc1nnc2n1CC(CNC(C)C)NC2. The van der Waals surface area contributed by atoms with Crippen LogP contribution in [0.2, 0.25) is 0 Å². The molecule has 0 spiro atoms. The summed E-state index contributed by atoms with van der Waals surface area (Å²) in [7, 11) is 0. The summed E-state index contributed by atoms with van der Waals surface area (Å²) in [6.07, 6.45) is 0. The third-order valence-corrected chi connectivity index (χ3v) is 2.74. The van der Waals surface area contributed by atoms with Crippen molar-refractivity contribution in [3.05, 3.63) is 11.6 Å². The third-order valence-electron chi connectivity index (χ3n) is 2.74. The summed E-state index contributed by atoms with van der Waals surface area (Å²) in [4.78, 5) is 0. The van der Waals surface area contributed by atoms with E-state index >= 15 is 0 Å². The van der Waals surface area contributed by atoms with Gasteiger partial charge in [-0.1, -0.05) is 13.8 Å². The van der Waals surface area contributed by atoms with Gasteiger partial charge in [0, 0.05) is 25.2 Å². The van der Waals surface area contributed by atoms with Gasteiger partial charge in [-0.15, -0.1) is 10.2 Å². The van der Waals surface area contributed by atoms with Gasteiger partial charge in [-0.05, 0) is 6.92 Å². The summed E-state index contributed by atoms with van der Waals surface area (Å²) < 4.78 is 2.20. The van der Waals surface area contributed by atoms with E-state index in [1.165, 1.54) is 0 Å². The lowest BCUT2D eigenvalue weighted by atomic mass is 10.2. The second kappa shape index (κ2) is 4.28. The second-order valence-corrected chi connectivity index (χ2v) is 4.41. The van der Waals surface area contributed by atoms with E-state index in [1.54, 1.807) is 0 Å². The van der Waals surface area contributed by atoms with E-state index in [-0.39, 0.29) is 0 Å². The summed E-state index contributed by atoms with van der Waals surface area (Å²) in [6, 6.07) is 1.02. The van der Waals surface area contributed by atoms with Crippen molar-refractivity contribution in [1.82, 2.24) is 25.4 Å². The molecule has 15 heavy (non-hydrogen) atoms. The van der Waals surface area contributed by atoms with Crippen molar-refractivity contribution in [2.45, 2.75) is 45.9 Å². The van der Waals surface area contributed by atoms with Gasteiger partial charge in [0.15, 0.2) is 0 Å². The Kier molecular flexibility index (Phi) is 3.02. The van der Waals surface area contributed by atoms with Crippen molar-refractivity contribution in [3.8, 4) is 0 Å². The highest BCUT2D eigenvalue weighted by Crippen LogP contribution is 2.08. The van der Waals surface area contributed by atoms with Crippen molar-refractivity contribution < 1.29 is 0 Å². The molecule has 84 valence electrons. The highest BCUT2D eigenvalue weighted by Gasteiger charge is 2.20. The van der Waals surface area contributed by atoms with Crippen molar-refractivity contribution in [1.29, 1.82) is 0 Å². The lowest BCUT2D eigenvalue weighted by Crippen LogP contribution is -2.46. The van der Waals surface area contributed by atoms with Crippen LogP contribution < -0.4 is 10.6 Å². The molecule has 0 bridgehead atoms. The molecule has 2 N–H and O–H groups in total. The van der Waals surface area contributed by atoms with Crippen LogP contribution in [0.25, 0.3) is 0 Å².